The van der Waals surface area contributed by atoms with Crippen molar-refractivity contribution in [2.75, 3.05) is 0 Å². The Morgan fingerprint density at radius 2 is 1.87 bits per heavy atom. The molecule has 0 bridgehead atoms. The second-order valence-corrected chi connectivity index (χ2v) is 6.99. The van der Waals surface area contributed by atoms with Gasteiger partial charge < -0.3 is 4.42 Å². The van der Waals surface area contributed by atoms with Crippen molar-refractivity contribution in [3.05, 3.63) is 73.2 Å². The number of rotatable bonds is 3. The minimum atomic E-state index is -0.627. The van der Waals surface area contributed by atoms with Crippen molar-refractivity contribution in [3.8, 4) is 0 Å². The first-order valence-electron chi connectivity index (χ1n) is 6.86. The van der Waals surface area contributed by atoms with Gasteiger partial charge in [0.25, 0.3) is 0 Å². The number of aromatic nitrogens is 1. The Hall–Kier alpha value is -1.79. The van der Waals surface area contributed by atoms with E-state index in [-0.39, 0.29) is 17.9 Å². The smallest absolute Gasteiger partial charge is 0.347 e. The van der Waals surface area contributed by atoms with Crippen molar-refractivity contribution < 1.29 is 13.8 Å². The number of nitrogens with zero attached hydrogens (tertiary/aromatic N) is 1. The summed E-state index contributed by atoms with van der Waals surface area (Å²) < 4.78 is 8.52. The summed E-state index contributed by atoms with van der Waals surface area (Å²) in [6, 6.07) is 8.98. The number of fused-ring (bicyclic) bond motifs is 1. The minimum Gasteiger partial charge on any atom is -0.421 e. The molecule has 4 nitrogen and oxygen atoms in total. The lowest BCUT2D eigenvalue weighted by molar-refractivity contribution is -0.683. The number of hydrogen-bond donors (Lipinski definition) is 0. The Balaban J connectivity index is 2.01. The van der Waals surface area contributed by atoms with Crippen LogP contribution in [0.15, 0.2) is 60.9 Å². The van der Waals surface area contributed by atoms with Crippen LogP contribution in [0, 0.1) is 6.92 Å². The van der Waals surface area contributed by atoms with Crippen LogP contribution in [0.25, 0.3) is 11.0 Å². The maximum atomic E-state index is 12.4. The molecular weight excluding hydrogens is 426 g/mol. The molecule has 0 saturated heterocycles. The van der Waals surface area contributed by atoms with Gasteiger partial charge in [-0.2, -0.15) is 4.57 Å². The lowest BCUT2D eigenvalue weighted by Gasteiger charge is -2.03. The molecule has 6 heteroatoms. The summed E-state index contributed by atoms with van der Waals surface area (Å²) in [5.74, 6) is -0.286. The summed E-state index contributed by atoms with van der Waals surface area (Å²) in [6.07, 6.45) is 3.62. The van der Waals surface area contributed by atoms with Gasteiger partial charge in [-0.25, -0.2) is 4.79 Å². The van der Waals surface area contributed by atoms with E-state index >= 15 is 0 Å². The molecule has 0 N–H and O–H groups in total. The topological polar surface area (TPSA) is 51.2 Å². The van der Waals surface area contributed by atoms with Crippen molar-refractivity contribution in [2.24, 2.45) is 0 Å². The Labute approximate surface area is 149 Å². The molecule has 0 aliphatic carbocycles. The maximum absolute atomic E-state index is 12.4. The molecule has 0 amide bonds. The van der Waals surface area contributed by atoms with Crippen molar-refractivity contribution in [1.82, 2.24) is 0 Å². The standard InChI is InChI=1S/C17H12Br2NO3/c1-10-2-4-20(5-3-10)9-15(21)13-7-11-6-12(18)8-14(19)16(11)23-17(13)22/h2-8H,9H2,1H3/q+1. The fourth-order valence-corrected chi connectivity index (χ4v) is 3.58. The zero-order valence-corrected chi connectivity index (χ0v) is 15.3. The molecule has 0 radical (unpaired) electrons. The van der Waals surface area contributed by atoms with Gasteiger partial charge in [0, 0.05) is 22.0 Å². The fraction of sp³-hybridized carbons (Fsp3) is 0.118. The van der Waals surface area contributed by atoms with Crippen LogP contribution in [0.3, 0.4) is 0 Å². The van der Waals surface area contributed by atoms with Gasteiger partial charge in [-0.15, -0.1) is 0 Å². The maximum Gasteiger partial charge on any atom is 0.347 e. The number of hydrogen-bond acceptors (Lipinski definition) is 3. The summed E-state index contributed by atoms with van der Waals surface area (Å²) >= 11 is 6.74. The molecule has 0 fully saturated rings. The van der Waals surface area contributed by atoms with E-state index in [2.05, 4.69) is 31.9 Å². The first-order valence-corrected chi connectivity index (χ1v) is 8.44. The Morgan fingerprint density at radius 1 is 1.17 bits per heavy atom. The molecule has 0 unspecified atom stereocenters. The van der Waals surface area contributed by atoms with E-state index < -0.39 is 5.63 Å². The molecule has 23 heavy (non-hydrogen) atoms. The van der Waals surface area contributed by atoms with Gasteiger partial charge >= 0.3 is 5.63 Å². The molecule has 1 aromatic carbocycles. The molecule has 3 rings (SSSR count). The summed E-state index contributed by atoms with van der Waals surface area (Å²) in [5.41, 5.74) is 0.958. The highest BCUT2D eigenvalue weighted by Gasteiger charge is 2.18. The van der Waals surface area contributed by atoms with Crippen molar-refractivity contribution >= 4 is 48.6 Å². The van der Waals surface area contributed by atoms with Gasteiger partial charge in [0.15, 0.2) is 18.0 Å². The molecule has 116 valence electrons. The monoisotopic (exact) mass is 436 g/mol. The van der Waals surface area contributed by atoms with E-state index in [1.807, 2.05) is 31.5 Å². The fourth-order valence-electron chi connectivity index (χ4n) is 2.24. The molecule has 2 heterocycles. The highest BCUT2D eigenvalue weighted by molar-refractivity contribution is 9.11. The third kappa shape index (κ3) is 3.43. The van der Waals surface area contributed by atoms with E-state index in [9.17, 15) is 9.59 Å². The van der Waals surface area contributed by atoms with Crippen LogP contribution in [-0.2, 0) is 6.54 Å². The number of Topliss-reactive ketones (excluding diaryl/α,β-unsaturated/α-hetero) is 1. The van der Waals surface area contributed by atoms with Gasteiger partial charge in [0.1, 0.15) is 5.56 Å². The third-order valence-electron chi connectivity index (χ3n) is 3.44. The highest BCUT2D eigenvalue weighted by atomic mass is 79.9. The van der Waals surface area contributed by atoms with Crippen molar-refractivity contribution in [1.29, 1.82) is 0 Å². The van der Waals surface area contributed by atoms with E-state index in [4.69, 9.17) is 4.42 Å². The largest absolute Gasteiger partial charge is 0.421 e. The molecule has 0 spiro atoms. The first kappa shape index (κ1) is 16.1. The van der Waals surface area contributed by atoms with Crippen LogP contribution in [0.4, 0.5) is 0 Å². The Bertz CT molecular complexity index is 962. The predicted octanol–water partition coefficient (Wildman–Crippen LogP) is 3.80. The first-order chi connectivity index (χ1) is 10.9. The average Bonchev–Trinajstić information content (AvgIpc) is 2.50. The van der Waals surface area contributed by atoms with Gasteiger partial charge in [-0.1, -0.05) is 15.9 Å². The zero-order valence-electron chi connectivity index (χ0n) is 12.2. The number of halogens is 2. The van der Waals surface area contributed by atoms with E-state index in [1.54, 1.807) is 22.8 Å². The number of aryl methyl sites for hydroxylation is 1. The van der Waals surface area contributed by atoms with Crippen LogP contribution in [0.2, 0.25) is 0 Å². The molecule has 0 aliphatic heterocycles. The third-order valence-corrected chi connectivity index (χ3v) is 4.48. The van der Waals surface area contributed by atoms with E-state index in [1.165, 1.54) is 0 Å². The van der Waals surface area contributed by atoms with Gasteiger partial charge in [0.05, 0.1) is 4.47 Å². The number of carbonyl (C=O) groups is 1. The molecular formula is C17H12Br2NO3+. The lowest BCUT2D eigenvalue weighted by atomic mass is 10.1. The second kappa shape index (κ2) is 6.37. The van der Waals surface area contributed by atoms with Crippen LogP contribution in [0.1, 0.15) is 15.9 Å². The van der Waals surface area contributed by atoms with Gasteiger partial charge in [0.2, 0.25) is 12.3 Å². The summed E-state index contributed by atoms with van der Waals surface area (Å²) in [6.45, 7) is 2.06. The molecule has 0 saturated carbocycles. The molecule has 3 aromatic rings. The average molecular weight is 438 g/mol. The summed E-state index contributed by atoms with van der Waals surface area (Å²) in [5, 5.41) is 0.683. The number of benzene rings is 1. The van der Waals surface area contributed by atoms with Crippen LogP contribution >= 0.6 is 31.9 Å². The van der Waals surface area contributed by atoms with Gasteiger partial charge in [-0.3, -0.25) is 4.79 Å². The van der Waals surface area contributed by atoms with Crippen LogP contribution in [0.5, 0.6) is 0 Å². The molecule has 0 atom stereocenters. The quantitative estimate of drug-likeness (QED) is 0.355. The van der Waals surface area contributed by atoms with E-state index in [0.717, 1.165) is 10.0 Å². The van der Waals surface area contributed by atoms with Crippen LogP contribution < -0.4 is 10.2 Å². The van der Waals surface area contributed by atoms with Crippen molar-refractivity contribution in [3.63, 3.8) is 0 Å². The predicted molar refractivity (Wildman–Crippen MR) is 93.6 cm³/mol. The Morgan fingerprint density at radius 3 is 2.57 bits per heavy atom. The lowest BCUT2D eigenvalue weighted by Crippen LogP contribution is -2.38. The second-order valence-electron chi connectivity index (χ2n) is 5.22. The summed E-state index contributed by atoms with van der Waals surface area (Å²) in [7, 11) is 0. The number of ketones is 1. The normalized spacial score (nSPS) is 10.9. The SMILES string of the molecule is Cc1cc[n+](CC(=O)c2cc3cc(Br)cc(Br)c3oc2=O)cc1. The zero-order chi connectivity index (χ0) is 16.6. The Kier molecular flexibility index (Phi) is 4.46. The van der Waals surface area contributed by atoms with Crippen LogP contribution in [-0.4, -0.2) is 5.78 Å². The molecule has 0 aliphatic rings. The van der Waals surface area contributed by atoms with Crippen molar-refractivity contribution in [2.45, 2.75) is 13.5 Å². The number of pyridine rings is 1. The highest BCUT2D eigenvalue weighted by Crippen LogP contribution is 2.28. The minimum absolute atomic E-state index is 0.0515. The molecule has 2 aromatic heterocycles. The summed E-state index contributed by atoms with van der Waals surface area (Å²) in [4.78, 5) is 24.6. The number of carbonyl (C=O) groups excluding carboxylic acids is 1. The van der Waals surface area contributed by atoms with E-state index in [0.29, 0.717) is 15.4 Å². The van der Waals surface area contributed by atoms with Gasteiger partial charge in [-0.05, 0) is 46.6 Å².